The molecule has 4 nitrogen and oxygen atoms in total. The van der Waals surface area contributed by atoms with Crippen LogP contribution in [0.15, 0.2) is 0 Å². The minimum Gasteiger partial charge on any atom is -0.480 e. The standard InChI is InChI=1S/C12H23NO3/c1-9(2)10-4-6-13(7-5-10)11(8-16-3)12(14)15/h9-11H,4-8H2,1-3H3,(H,14,15). The molecule has 0 aromatic heterocycles. The molecule has 0 aromatic carbocycles. The van der Waals surface area contributed by atoms with E-state index in [4.69, 9.17) is 9.84 Å². The molecule has 16 heavy (non-hydrogen) atoms. The summed E-state index contributed by atoms with van der Waals surface area (Å²) < 4.78 is 4.97. The van der Waals surface area contributed by atoms with Crippen LogP contribution >= 0.6 is 0 Å². The molecule has 0 amide bonds. The predicted molar refractivity (Wildman–Crippen MR) is 62.4 cm³/mol. The molecule has 1 heterocycles. The van der Waals surface area contributed by atoms with Crippen LogP contribution in [0, 0.1) is 11.8 Å². The summed E-state index contributed by atoms with van der Waals surface area (Å²) in [6, 6.07) is -0.474. The monoisotopic (exact) mass is 229 g/mol. The van der Waals surface area contributed by atoms with Gasteiger partial charge >= 0.3 is 5.97 Å². The number of ether oxygens (including phenoxy) is 1. The molecule has 1 aliphatic heterocycles. The van der Waals surface area contributed by atoms with Gasteiger partial charge in [0.25, 0.3) is 0 Å². The molecule has 1 saturated heterocycles. The van der Waals surface area contributed by atoms with Crippen LogP contribution in [-0.2, 0) is 9.53 Å². The summed E-state index contributed by atoms with van der Waals surface area (Å²) in [5.41, 5.74) is 0. The maximum absolute atomic E-state index is 11.1. The van der Waals surface area contributed by atoms with Crippen LogP contribution in [0.25, 0.3) is 0 Å². The molecule has 0 aliphatic carbocycles. The molecule has 1 unspecified atom stereocenters. The molecule has 4 heteroatoms. The third-order valence-corrected chi connectivity index (χ3v) is 3.57. The van der Waals surface area contributed by atoms with Gasteiger partial charge in [0.05, 0.1) is 6.61 Å². The Balaban J connectivity index is 2.47. The largest absolute Gasteiger partial charge is 0.480 e. The molecule has 0 bridgehead atoms. The van der Waals surface area contributed by atoms with Crippen LogP contribution in [0.3, 0.4) is 0 Å². The molecule has 0 saturated carbocycles. The van der Waals surface area contributed by atoms with E-state index in [1.165, 1.54) is 0 Å². The fourth-order valence-electron chi connectivity index (χ4n) is 2.39. The van der Waals surface area contributed by atoms with Gasteiger partial charge in [-0.3, -0.25) is 9.69 Å². The first-order valence-electron chi connectivity index (χ1n) is 6.02. The zero-order valence-electron chi connectivity index (χ0n) is 10.5. The van der Waals surface area contributed by atoms with Crippen molar-refractivity contribution < 1.29 is 14.6 Å². The van der Waals surface area contributed by atoms with Crippen molar-refractivity contribution in [2.24, 2.45) is 11.8 Å². The van der Waals surface area contributed by atoms with Crippen molar-refractivity contribution in [2.75, 3.05) is 26.8 Å². The highest BCUT2D eigenvalue weighted by atomic mass is 16.5. The third kappa shape index (κ3) is 3.46. The van der Waals surface area contributed by atoms with Crippen molar-refractivity contribution in [1.82, 2.24) is 4.90 Å². The fourth-order valence-corrected chi connectivity index (χ4v) is 2.39. The molecule has 1 fully saturated rings. The van der Waals surface area contributed by atoms with Crippen LogP contribution in [0.4, 0.5) is 0 Å². The molecule has 1 aliphatic rings. The highest BCUT2D eigenvalue weighted by Gasteiger charge is 2.30. The zero-order valence-corrected chi connectivity index (χ0v) is 10.5. The molecule has 94 valence electrons. The summed E-state index contributed by atoms with van der Waals surface area (Å²) in [7, 11) is 1.55. The van der Waals surface area contributed by atoms with Gasteiger partial charge in [0.1, 0.15) is 6.04 Å². The molecule has 1 atom stereocenters. The summed E-state index contributed by atoms with van der Waals surface area (Å²) in [4.78, 5) is 13.1. The van der Waals surface area contributed by atoms with Gasteiger partial charge in [-0.2, -0.15) is 0 Å². The zero-order chi connectivity index (χ0) is 12.1. The summed E-state index contributed by atoms with van der Waals surface area (Å²) in [5, 5.41) is 9.11. The van der Waals surface area contributed by atoms with Gasteiger partial charge in [0.2, 0.25) is 0 Å². The second-order valence-electron chi connectivity index (χ2n) is 4.93. The number of methoxy groups -OCH3 is 1. The molecule has 0 radical (unpaired) electrons. The number of piperidine rings is 1. The molecular weight excluding hydrogens is 206 g/mol. The van der Waals surface area contributed by atoms with Gasteiger partial charge in [-0.1, -0.05) is 13.8 Å². The molecule has 0 spiro atoms. The van der Waals surface area contributed by atoms with E-state index in [-0.39, 0.29) is 6.61 Å². The Morgan fingerprint density at radius 1 is 1.44 bits per heavy atom. The van der Waals surface area contributed by atoms with Gasteiger partial charge in [-0.15, -0.1) is 0 Å². The van der Waals surface area contributed by atoms with E-state index in [2.05, 4.69) is 13.8 Å². The number of likely N-dealkylation sites (tertiary alicyclic amines) is 1. The van der Waals surface area contributed by atoms with E-state index in [1.54, 1.807) is 7.11 Å². The van der Waals surface area contributed by atoms with E-state index in [0.717, 1.165) is 31.8 Å². The van der Waals surface area contributed by atoms with Crippen molar-refractivity contribution in [1.29, 1.82) is 0 Å². The van der Waals surface area contributed by atoms with Crippen LogP contribution in [0.2, 0.25) is 0 Å². The quantitative estimate of drug-likeness (QED) is 0.775. The summed E-state index contributed by atoms with van der Waals surface area (Å²) in [6.07, 6.45) is 2.20. The van der Waals surface area contributed by atoms with E-state index >= 15 is 0 Å². The van der Waals surface area contributed by atoms with E-state index in [0.29, 0.717) is 5.92 Å². The van der Waals surface area contributed by atoms with Crippen molar-refractivity contribution >= 4 is 5.97 Å². The Bertz CT molecular complexity index is 222. The number of hydrogen-bond donors (Lipinski definition) is 1. The normalized spacial score (nSPS) is 21.2. The SMILES string of the molecule is COCC(C(=O)O)N1CCC(C(C)C)CC1. The Labute approximate surface area is 97.6 Å². The second kappa shape index (κ2) is 6.21. The third-order valence-electron chi connectivity index (χ3n) is 3.57. The summed E-state index contributed by atoms with van der Waals surface area (Å²) >= 11 is 0. The van der Waals surface area contributed by atoms with Crippen LogP contribution < -0.4 is 0 Å². The number of nitrogens with zero attached hydrogens (tertiary/aromatic N) is 1. The second-order valence-corrected chi connectivity index (χ2v) is 4.93. The van der Waals surface area contributed by atoms with Crippen LogP contribution in [0.5, 0.6) is 0 Å². The maximum Gasteiger partial charge on any atom is 0.323 e. The van der Waals surface area contributed by atoms with Crippen molar-refractivity contribution in [3.8, 4) is 0 Å². The molecule has 1 rings (SSSR count). The highest BCUT2D eigenvalue weighted by molar-refractivity contribution is 5.73. The number of aliphatic carboxylic acids is 1. The lowest BCUT2D eigenvalue weighted by atomic mass is 9.86. The van der Waals surface area contributed by atoms with Gasteiger partial charge in [0.15, 0.2) is 0 Å². The molecular formula is C12H23NO3. The van der Waals surface area contributed by atoms with Crippen LogP contribution in [0.1, 0.15) is 26.7 Å². The van der Waals surface area contributed by atoms with Crippen molar-refractivity contribution in [3.05, 3.63) is 0 Å². The van der Waals surface area contributed by atoms with E-state index in [9.17, 15) is 4.79 Å². The topological polar surface area (TPSA) is 49.8 Å². The fraction of sp³-hybridized carbons (Fsp3) is 0.917. The average Bonchev–Trinajstić information content (AvgIpc) is 2.25. The van der Waals surface area contributed by atoms with Gasteiger partial charge in [-0.25, -0.2) is 0 Å². The highest BCUT2D eigenvalue weighted by Crippen LogP contribution is 2.25. The first kappa shape index (κ1) is 13.5. The lowest BCUT2D eigenvalue weighted by molar-refractivity contribution is -0.146. The Morgan fingerprint density at radius 2 is 2.00 bits per heavy atom. The molecule has 0 aromatic rings. The first-order chi connectivity index (χ1) is 7.56. The summed E-state index contributed by atoms with van der Waals surface area (Å²) in [5.74, 6) is 0.672. The Morgan fingerprint density at radius 3 is 2.38 bits per heavy atom. The Kier molecular flexibility index (Phi) is 5.22. The number of rotatable bonds is 5. The van der Waals surface area contributed by atoms with Gasteiger partial charge in [0, 0.05) is 7.11 Å². The number of carboxylic acids is 1. The minimum atomic E-state index is -0.773. The van der Waals surface area contributed by atoms with Crippen molar-refractivity contribution in [3.63, 3.8) is 0 Å². The summed E-state index contributed by atoms with van der Waals surface area (Å²) in [6.45, 7) is 6.52. The minimum absolute atomic E-state index is 0.279. The average molecular weight is 229 g/mol. The predicted octanol–water partition coefficient (Wildman–Crippen LogP) is 1.45. The van der Waals surface area contributed by atoms with E-state index in [1.807, 2.05) is 4.90 Å². The maximum atomic E-state index is 11.1. The molecule has 1 N–H and O–H groups in total. The lowest BCUT2D eigenvalue weighted by Crippen LogP contribution is -2.48. The van der Waals surface area contributed by atoms with Crippen LogP contribution in [-0.4, -0.2) is 48.8 Å². The van der Waals surface area contributed by atoms with Gasteiger partial charge < -0.3 is 9.84 Å². The number of hydrogen-bond acceptors (Lipinski definition) is 3. The van der Waals surface area contributed by atoms with E-state index < -0.39 is 12.0 Å². The first-order valence-corrected chi connectivity index (χ1v) is 6.02. The smallest absolute Gasteiger partial charge is 0.323 e. The number of carbonyl (C=O) groups is 1. The Hall–Kier alpha value is -0.610. The lowest BCUT2D eigenvalue weighted by Gasteiger charge is -2.36. The van der Waals surface area contributed by atoms with Crippen molar-refractivity contribution in [2.45, 2.75) is 32.7 Å². The number of carboxylic acid groups (broad SMARTS) is 1. The van der Waals surface area contributed by atoms with Gasteiger partial charge in [-0.05, 0) is 37.8 Å².